The van der Waals surface area contributed by atoms with Crippen LogP contribution in [0.25, 0.3) is 0 Å². The monoisotopic (exact) mass is 546 g/mol. The normalized spacial score (nSPS) is 15.3. The van der Waals surface area contributed by atoms with Crippen molar-refractivity contribution in [1.29, 1.82) is 0 Å². The fraction of sp³-hybridized carbons (Fsp3) is 0.375. The third-order valence-electron chi connectivity index (χ3n) is 5.47. The predicted molar refractivity (Wildman–Crippen MR) is 138 cm³/mol. The molecule has 1 atom stereocenters. The van der Waals surface area contributed by atoms with Gasteiger partial charge >= 0.3 is 0 Å². The van der Waals surface area contributed by atoms with Gasteiger partial charge in [-0.1, -0.05) is 55.0 Å². The smallest absolute Gasteiger partial charge is 0.192 e. The van der Waals surface area contributed by atoms with Gasteiger partial charge in [0.1, 0.15) is 17.9 Å². The van der Waals surface area contributed by atoms with Crippen LogP contribution in [0, 0.1) is 6.92 Å². The third-order valence-corrected chi connectivity index (χ3v) is 5.47. The maximum atomic E-state index is 5.81. The van der Waals surface area contributed by atoms with E-state index in [2.05, 4.69) is 75.6 Å². The molecular weight excluding hydrogens is 515 g/mol. The molecule has 32 heavy (non-hydrogen) atoms. The van der Waals surface area contributed by atoms with Crippen molar-refractivity contribution in [3.05, 3.63) is 77.4 Å². The lowest BCUT2D eigenvalue weighted by atomic mass is 10.0. The average Bonchev–Trinajstić information content (AvgIpc) is 3.26. The van der Waals surface area contributed by atoms with E-state index in [9.17, 15) is 0 Å². The van der Waals surface area contributed by atoms with Crippen LogP contribution in [0.4, 0.5) is 0 Å². The van der Waals surface area contributed by atoms with Gasteiger partial charge in [-0.05, 0) is 18.6 Å². The Bertz CT molecular complexity index is 1020. The minimum atomic E-state index is 0. The van der Waals surface area contributed by atoms with Crippen molar-refractivity contribution >= 4 is 29.9 Å². The first kappa shape index (κ1) is 24.0. The fourth-order valence-electron chi connectivity index (χ4n) is 3.71. The molecule has 1 aliphatic rings. The van der Waals surface area contributed by atoms with E-state index in [-0.39, 0.29) is 30.0 Å². The van der Waals surface area contributed by atoms with Crippen LogP contribution in [0.2, 0.25) is 0 Å². The SMILES string of the molecule is CCc1nncn1CCNC(=NCc1ccc(C)cc1)NC1CCOc2ccccc21.I. The molecule has 0 aliphatic carbocycles. The number of aliphatic imine (C=N–C) groups is 1. The lowest BCUT2D eigenvalue weighted by Crippen LogP contribution is -2.42. The van der Waals surface area contributed by atoms with E-state index in [1.165, 1.54) is 16.7 Å². The van der Waals surface area contributed by atoms with Crippen molar-refractivity contribution in [2.24, 2.45) is 4.99 Å². The topological polar surface area (TPSA) is 76.4 Å². The molecule has 0 fully saturated rings. The van der Waals surface area contributed by atoms with Crippen LogP contribution in [0.3, 0.4) is 0 Å². The average molecular weight is 546 g/mol. The number of hydrogen-bond acceptors (Lipinski definition) is 4. The molecule has 0 bridgehead atoms. The minimum Gasteiger partial charge on any atom is -0.493 e. The van der Waals surface area contributed by atoms with Crippen molar-refractivity contribution in [2.75, 3.05) is 13.2 Å². The number of fused-ring (bicyclic) bond motifs is 1. The molecule has 4 rings (SSSR count). The molecular formula is C24H31IN6O. The molecule has 1 unspecified atom stereocenters. The van der Waals surface area contributed by atoms with Crippen molar-refractivity contribution in [1.82, 2.24) is 25.4 Å². The summed E-state index contributed by atoms with van der Waals surface area (Å²) in [6.07, 6.45) is 3.55. The second-order valence-corrected chi connectivity index (χ2v) is 7.74. The molecule has 0 amide bonds. The summed E-state index contributed by atoms with van der Waals surface area (Å²) >= 11 is 0. The number of hydrogen-bond donors (Lipinski definition) is 2. The molecule has 170 valence electrons. The van der Waals surface area contributed by atoms with E-state index in [0.717, 1.165) is 43.5 Å². The Morgan fingerprint density at radius 1 is 1.19 bits per heavy atom. The Morgan fingerprint density at radius 2 is 2.00 bits per heavy atom. The summed E-state index contributed by atoms with van der Waals surface area (Å²) in [6.45, 7) is 7.02. The number of para-hydroxylation sites is 1. The summed E-state index contributed by atoms with van der Waals surface area (Å²) in [7, 11) is 0. The standard InChI is InChI=1S/C24H30N6O.HI/c1-3-23-29-27-17-30(23)14-13-25-24(26-16-19-10-8-18(2)9-11-19)28-21-12-15-31-22-7-5-4-6-20(21)22;/h4-11,17,21H,3,12-16H2,1-2H3,(H2,25,26,28);1H. The summed E-state index contributed by atoms with van der Waals surface area (Å²) in [6, 6.07) is 16.9. The Labute approximate surface area is 206 Å². The van der Waals surface area contributed by atoms with Gasteiger partial charge in [0, 0.05) is 31.5 Å². The molecule has 0 saturated carbocycles. The zero-order valence-electron chi connectivity index (χ0n) is 18.6. The molecule has 1 aliphatic heterocycles. The van der Waals surface area contributed by atoms with E-state index >= 15 is 0 Å². The molecule has 2 N–H and O–H groups in total. The first-order chi connectivity index (χ1) is 15.2. The maximum Gasteiger partial charge on any atom is 0.192 e. The van der Waals surface area contributed by atoms with Crippen LogP contribution in [0.1, 0.15) is 41.9 Å². The maximum absolute atomic E-state index is 5.81. The summed E-state index contributed by atoms with van der Waals surface area (Å²) in [4.78, 5) is 4.87. The summed E-state index contributed by atoms with van der Waals surface area (Å²) in [5.41, 5.74) is 3.61. The van der Waals surface area contributed by atoms with Gasteiger partial charge in [-0.25, -0.2) is 4.99 Å². The Balaban J connectivity index is 0.00000289. The highest BCUT2D eigenvalue weighted by molar-refractivity contribution is 14.0. The van der Waals surface area contributed by atoms with Gasteiger partial charge in [0.2, 0.25) is 0 Å². The highest BCUT2D eigenvalue weighted by Crippen LogP contribution is 2.31. The molecule has 0 saturated heterocycles. The number of halogens is 1. The Hall–Kier alpha value is -2.62. The van der Waals surface area contributed by atoms with Crippen LogP contribution >= 0.6 is 24.0 Å². The molecule has 1 aromatic heterocycles. The van der Waals surface area contributed by atoms with Crippen molar-refractivity contribution in [3.63, 3.8) is 0 Å². The van der Waals surface area contributed by atoms with Crippen molar-refractivity contribution in [2.45, 2.75) is 45.8 Å². The summed E-state index contributed by atoms with van der Waals surface area (Å²) in [5, 5.41) is 15.3. The van der Waals surface area contributed by atoms with Crippen molar-refractivity contribution < 1.29 is 4.74 Å². The quantitative estimate of drug-likeness (QED) is 0.266. The molecule has 7 nitrogen and oxygen atoms in total. The highest BCUT2D eigenvalue weighted by Gasteiger charge is 2.21. The van der Waals surface area contributed by atoms with Crippen LogP contribution in [0.5, 0.6) is 5.75 Å². The molecule has 2 aromatic carbocycles. The molecule has 8 heteroatoms. The number of guanidine groups is 1. The number of aryl methyl sites for hydroxylation is 2. The Morgan fingerprint density at radius 3 is 2.81 bits per heavy atom. The third kappa shape index (κ3) is 6.21. The number of aromatic nitrogens is 3. The van der Waals surface area contributed by atoms with Gasteiger partial charge in [-0.3, -0.25) is 0 Å². The zero-order valence-corrected chi connectivity index (χ0v) is 21.0. The number of ether oxygens (including phenoxy) is 1. The molecule has 0 spiro atoms. The molecule has 2 heterocycles. The molecule has 3 aromatic rings. The van der Waals surface area contributed by atoms with E-state index in [1.807, 2.05) is 12.1 Å². The summed E-state index contributed by atoms with van der Waals surface area (Å²) in [5.74, 6) is 2.74. The van der Waals surface area contributed by atoms with Gasteiger partial charge in [0.15, 0.2) is 5.96 Å². The van der Waals surface area contributed by atoms with Gasteiger partial charge in [0.25, 0.3) is 0 Å². The van der Waals surface area contributed by atoms with Gasteiger partial charge in [-0.15, -0.1) is 34.2 Å². The molecule has 0 radical (unpaired) electrons. The second-order valence-electron chi connectivity index (χ2n) is 7.74. The second kappa shape index (κ2) is 11.8. The predicted octanol–water partition coefficient (Wildman–Crippen LogP) is 4.03. The minimum absolute atomic E-state index is 0. The van der Waals surface area contributed by atoms with Crippen LogP contribution in [0.15, 0.2) is 59.9 Å². The van der Waals surface area contributed by atoms with Crippen molar-refractivity contribution in [3.8, 4) is 5.75 Å². The number of nitrogens with zero attached hydrogens (tertiary/aromatic N) is 4. The van der Waals surface area contributed by atoms with Gasteiger partial charge in [0.05, 0.1) is 19.2 Å². The summed E-state index contributed by atoms with van der Waals surface area (Å²) < 4.78 is 7.89. The number of benzene rings is 2. The van der Waals surface area contributed by atoms with E-state index in [0.29, 0.717) is 13.2 Å². The van der Waals surface area contributed by atoms with E-state index in [4.69, 9.17) is 9.73 Å². The van der Waals surface area contributed by atoms with Gasteiger partial charge < -0.3 is 19.9 Å². The first-order valence-corrected chi connectivity index (χ1v) is 10.9. The number of nitrogens with one attached hydrogen (secondary N) is 2. The fourth-order valence-corrected chi connectivity index (χ4v) is 3.71. The first-order valence-electron chi connectivity index (χ1n) is 10.9. The largest absolute Gasteiger partial charge is 0.493 e. The van der Waals surface area contributed by atoms with Gasteiger partial charge in [-0.2, -0.15) is 0 Å². The van der Waals surface area contributed by atoms with E-state index < -0.39 is 0 Å². The van der Waals surface area contributed by atoms with Crippen LogP contribution in [-0.2, 0) is 19.5 Å². The highest BCUT2D eigenvalue weighted by atomic mass is 127. The lowest BCUT2D eigenvalue weighted by molar-refractivity contribution is 0.261. The number of rotatable bonds is 7. The lowest BCUT2D eigenvalue weighted by Gasteiger charge is -2.28. The van der Waals surface area contributed by atoms with Crippen LogP contribution < -0.4 is 15.4 Å². The van der Waals surface area contributed by atoms with E-state index in [1.54, 1.807) is 6.33 Å². The zero-order chi connectivity index (χ0) is 21.5. The Kier molecular flexibility index (Phi) is 8.90. The van der Waals surface area contributed by atoms with Crippen LogP contribution in [-0.4, -0.2) is 33.9 Å².